The average Bonchev–Trinajstić information content (AvgIpc) is 2.50. The van der Waals surface area contributed by atoms with Crippen molar-refractivity contribution in [1.82, 2.24) is 10.2 Å². The third-order valence-corrected chi connectivity index (χ3v) is 5.49. The van der Waals surface area contributed by atoms with Crippen LogP contribution in [0.1, 0.15) is 65.2 Å². The molecule has 1 aliphatic carbocycles. The first-order valence-corrected chi connectivity index (χ1v) is 8.79. The summed E-state index contributed by atoms with van der Waals surface area (Å²) in [6.45, 7) is 6.76. The molecule has 1 unspecified atom stereocenters. The Hall–Kier alpha value is -0.610. The summed E-state index contributed by atoms with van der Waals surface area (Å²) in [4.78, 5) is 14.2. The number of nitrogens with one attached hydrogen (secondary N) is 1. The SMILES string of the molecule is CCCNC(C)(CCN1CCC[C@H]2CCCC[C@H]21)C(=O)O. The number of carboxylic acids is 1. The molecule has 0 spiro atoms. The highest BCUT2D eigenvalue weighted by molar-refractivity contribution is 5.78. The lowest BCUT2D eigenvalue weighted by Crippen LogP contribution is -2.54. The van der Waals surface area contributed by atoms with E-state index in [-0.39, 0.29) is 0 Å². The molecule has 2 N–H and O–H groups in total. The van der Waals surface area contributed by atoms with Gasteiger partial charge in [0.15, 0.2) is 0 Å². The minimum Gasteiger partial charge on any atom is -0.480 e. The van der Waals surface area contributed by atoms with Crippen LogP contribution in [0.5, 0.6) is 0 Å². The molecule has 1 aliphatic heterocycles. The second-order valence-corrected chi connectivity index (χ2v) is 7.10. The van der Waals surface area contributed by atoms with E-state index in [0.717, 1.165) is 38.0 Å². The molecule has 1 saturated carbocycles. The third kappa shape index (κ3) is 4.19. The van der Waals surface area contributed by atoms with Gasteiger partial charge in [-0.2, -0.15) is 0 Å². The highest BCUT2D eigenvalue weighted by Crippen LogP contribution is 2.35. The molecule has 0 radical (unpaired) electrons. The Bertz CT molecular complexity index is 346. The fraction of sp³-hybridized carbons (Fsp3) is 0.941. The lowest BCUT2D eigenvalue weighted by molar-refractivity contribution is -0.144. The Balaban J connectivity index is 1.91. The Kier molecular flexibility index (Phi) is 6.06. The second kappa shape index (κ2) is 7.59. The molecule has 3 atom stereocenters. The van der Waals surface area contributed by atoms with Crippen LogP contribution < -0.4 is 5.32 Å². The van der Waals surface area contributed by atoms with Gasteiger partial charge in [0.05, 0.1) is 0 Å². The molecule has 0 bridgehead atoms. The van der Waals surface area contributed by atoms with E-state index in [1.165, 1.54) is 38.5 Å². The second-order valence-electron chi connectivity index (χ2n) is 7.10. The minimum atomic E-state index is -0.780. The molecule has 0 amide bonds. The van der Waals surface area contributed by atoms with E-state index in [1.807, 2.05) is 6.92 Å². The lowest BCUT2D eigenvalue weighted by atomic mass is 9.78. The van der Waals surface area contributed by atoms with Crippen molar-refractivity contribution >= 4 is 5.97 Å². The van der Waals surface area contributed by atoms with E-state index < -0.39 is 11.5 Å². The zero-order chi connectivity index (χ0) is 15.3. The van der Waals surface area contributed by atoms with Gasteiger partial charge >= 0.3 is 5.97 Å². The summed E-state index contributed by atoms with van der Waals surface area (Å²) in [5.74, 6) is 0.153. The molecule has 1 heterocycles. The minimum absolute atomic E-state index is 0.700. The van der Waals surface area contributed by atoms with Crippen LogP contribution in [0.25, 0.3) is 0 Å². The summed E-state index contributed by atoms with van der Waals surface area (Å²) in [6.07, 6.45) is 9.77. The fourth-order valence-corrected chi connectivity index (χ4v) is 4.04. The highest BCUT2D eigenvalue weighted by Gasteiger charge is 2.36. The molecular weight excluding hydrogens is 264 g/mol. The number of hydrogen-bond donors (Lipinski definition) is 2. The summed E-state index contributed by atoms with van der Waals surface area (Å²) < 4.78 is 0. The van der Waals surface area contributed by atoms with Crippen molar-refractivity contribution in [3.8, 4) is 0 Å². The quantitative estimate of drug-likeness (QED) is 0.758. The zero-order valence-electron chi connectivity index (χ0n) is 13.7. The maximum atomic E-state index is 11.6. The third-order valence-electron chi connectivity index (χ3n) is 5.49. The van der Waals surface area contributed by atoms with Crippen molar-refractivity contribution in [3.05, 3.63) is 0 Å². The van der Waals surface area contributed by atoms with Crippen LogP contribution in [0.2, 0.25) is 0 Å². The predicted octanol–water partition coefficient (Wildman–Crippen LogP) is 2.87. The van der Waals surface area contributed by atoms with E-state index in [4.69, 9.17) is 0 Å². The topological polar surface area (TPSA) is 52.6 Å². The Morgan fingerprint density at radius 1 is 1.29 bits per heavy atom. The van der Waals surface area contributed by atoms with Gasteiger partial charge in [-0.3, -0.25) is 4.79 Å². The molecular formula is C17H32N2O2. The number of nitrogens with zero attached hydrogens (tertiary/aromatic N) is 1. The van der Waals surface area contributed by atoms with Gasteiger partial charge in [-0.1, -0.05) is 19.8 Å². The van der Waals surface area contributed by atoms with Crippen LogP contribution in [0, 0.1) is 5.92 Å². The fourth-order valence-electron chi connectivity index (χ4n) is 4.04. The van der Waals surface area contributed by atoms with Crippen molar-refractivity contribution in [2.75, 3.05) is 19.6 Å². The van der Waals surface area contributed by atoms with E-state index in [1.54, 1.807) is 0 Å². The van der Waals surface area contributed by atoms with Gasteiger partial charge in [-0.15, -0.1) is 0 Å². The molecule has 0 aromatic carbocycles. The lowest BCUT2D eigenvalue weighted by Gasteiger charge is -2.45. The molecule has 122 valence electrons. The normalized spacial score (nSPS) is 29.6. The summed E-state index contributed by atoms with van der Waals surface area (Å²) in [5.41, 5.74) is -0.780. The van der Waals surface area contributed by atoms with Crippen LogP contribution in [0.4, 0.5) is 0 Å². The molecule has 1 saturated heterocycles. The van der Waals surface area contributed by atoms with Crippen molar-refractivity contribution < 1.29 is 9.90 Å². The van der Waals surface area contributed by atoms with Gasteiger partial charge in [-0.05, 0) is 64.5 Å². The van der Waals surface area contributed by atoms with Crippen LogP contribution in [-0.2, 0) is 4.79 Å². The summed E-state index contributed by atoms with van der Waals surface area (Å²) in [6, 6.07) is 0.719. The largest absolute Gasteiger partial charge is 0.480 e. The number of carboxylic acid groups (broad SMARTS) is 1. The Morgan fingerprint density at radius 2 is 2.00 bits per heavy atom. The van der Waals surface area contributed by atoms with Crippen LogP contribution in [0.3, 0.4) is 0 Å². The first kappa shape index (κ1) is 16.8. The van der Waals surface area contributed by atoms with E-state index >= 15 is 0 Å². The van der Waals surface area contributed by atoms with Gasteiger partial charge in [0, 0.05) is 12.6 Å². The number of hydrogen-bond acceptors (Lipinski definition) is 3. The number of fused-ring (bicyclic) bond motifs is 1. The number of carbonyl (C=O) groups is 1. The van der Waals surface area contributed by atoms with Crippen LogP contribution >= 0.6 is 0 Å². The average molecular weight is 296 g/mol. The smallest absolute Gasteiger partial charge is 0.323 e. The van der Waals surface area contributed by atoms with E-state index in [2.05, 4.69) is 17.1 Å². The number of rotatable bonds is 7. The summed E-state index contributed by atoms with van der Waals surface area (Å²) in [7, 11) is 0. The zero-order valence-corrected chi connectivity index (χ0v) is 13.7. The van der Waals surface area contributed by atoms with E-state index in [0.29, 0.717) is 6.42 Å². The molecule has 2 aliphatic rings. The van der Waals surface area contributed by atoms with Crippen LogP contribution in [0.15, 0.2) is 0 Å². The molecule has 4 nitrogen and oxygen atoms in total. The standard InChI is InChI=1S/C17H32N2O2/c1-3-11-18-17(2,16(20)21)10-13-19-12-6-8-14-7-4-5-9-15(14)19/h14-15,18H,3-13H2,1-2H3,(H,20,21)/t14-,15-,17?/m1/s1. The number of piperidine rings is 1. The maximum Gasteiger partial charge on any atom is 0.323 e. The van der Waals surface area contributed by atoms with Gasteiger partial charge in [0.25, 0.3) is 0 Å². The molecule has 21 heavy (non-hydrogen) atoms. The molecule has 2 fully saturated rings. The van der Waals surface area contributed by atoms with Gasteiger partial charge in [0.2, 0.25) is 0 Å². The van der Waals surface area contributed by atoms with Crippen LogP contribution in [-0.4, -0.2) is 47.2 Å². The van der Waals surface area contributed by atoms with Crippen molar-refractivity contribution in [3.63, 3.8) is 0 Å². The van der Waals surface area contributed by atoms with Crippen molar-refractivity contribution in [1.29, 1.82) is 0 Å². The first-order chi connectivity index (χ1) is 10.1. The Labute approximate surface area is 129 Å². The van der Waals surface area contributed by atoms with Gasteiger partial charge in [0.1, 0.15) is 5.54 Å². The van der Waals surface area contributed by atoms with E-state index in [9.17, 15) is 9.90 Å². The highest BCUT2D eigenvalue weighted by atomic mass is 16.4. The molecule has 2 rings (SSSR count). The van der Waals surface area contributed by atoms with Crippen molar-refractivity contribution in [2.45, 2.75) is 76.8 Å². The summed E-state index contributed by atoms with van der Waals surface area (Å²) >= 11 is 0. The van der Waals surface area contributed by atoms with Gasteiger partial charge < -0.3 is 15.3 Å². The summed E-state index contributed by atoms with van der Waals surface area (Å²) in [5, 5.41) is 12.8. The molecule has 4 heteroatoms. The Morgan fingerprint density at radius 3 is 2.71 bits per heavy atom. The number of likely N-dealkylation sites (tertiary alicyclic amines) is 1. The predicted molar refractivity (Wildman–Crippen MR) is 85.5 cm³/mol. The molecule has 0 aromatic heterocycles. The van der Waals surface area contributed by atoms with Gasteiger partial charge in [-0.25, -0.2) is 0 Å². The maximum absolute atomic E-state index is 11.6. The molecule has 0 aromatic rings. The number of aliphatic carboxylic acids is 1. The van der Waals surface area contributed by atoms with Crippen molar-refractivity contribution in [2.24, 2.45) is 5.92 Å². The monoisotopic (exact) mass is 296 g/mol. The first-order valence-electron chi connectivity index (χ1n) is 8.79.